The van der Waals surface area contributed by atoms with E-state index in [0.29, 0.717) is 12.1 Å². The summed E-state index contributed by atoms with van der Waals surface area (Å²) in [5.41, 5.74) is 1.37. The maximum absolute atomic E-state index is 6.04. The predicted molar refractivity (Wildman–Crippen MR) is 85.3 cm³/mol. The van der Waals surface area contributed by atoms with Crippen molar-refractivity contribution in [3.05, 3.63) is 29.8 Å². The first kappa shape index (κ1) is 15.4. The van der Waals surface area contributed by atoms with E-state index in [4.69, 9.17) is 4.74 Å². The predicted octanol–water partition coefficient (Wildman–Crippen LogP) is 4.18. The molecule has 1 aromatic rings. The molecule has 0 aromatic heterocycles. The smallest absolute Gasteiger partial charge is 0.123 e. The Bertz CT molecular complexity index is 377. The van der Waals surface area contributed by atoms with Crippen LogP contribution in [0.3, 0.4) is 0 Å². The molecule has 20 heavy (non-hydrogen) atoms. The molecule has 2 rings (SSSR count). The third-order valence-electron chi connectivity index (χ3n) is 3.99. The number of para-hydroxylation sites is 1. The summed E-state index contributed by atoms with van der Waals surface area (Å²) >= 11 is 0. The number of rotatable bonds is 8. The summed E-state index contributed by atoms with van der Waals surface area (Å²) in [6, 6.07) is 9.09. The van der Waals surface area contributed by atoms with Crippen LogP contribution in [0, 0.1) is 5.92 Å². The van der Waals surface area contributed by atoms with Crippen molar-refractivity contribution in [1.82, 2.24) is 5.32 Å². The fraction of sp³-hybridized carbons (Fsp3) is 0.667. The third-order valence-corrected chi connectivity index (χ3v) is 3.99. The van der Waals surface area contributed by atoms with Gasteiger partial charge in [0.1, 0.15) is 11.9 Å². The summed E-state index contributed by atoms with van der Waals surface area (Å²) in [4.78, 5) is 0. The van der Waals surface area contributed by atoms with Crippen molar-refractivity contribution in [1.29, 1.82) is 0 Å². The van der Waals surface area contributed by atoms with Gasteiger partial charge in [-0.3, -0.25) is 0 Å². The zero-order chi connectivity index (χ0) is 14.4. The molecule has 2 atom stereocenters. The van der Waals surface area contributed by atoms with Crippen LogP contribution in [0.5, 0.6) is 5.75 Å². The minimum atomic E-state index is 0.380. The number of fused-ring (bicyclic) bond motifs is 1. The molecule has 1 aromatic carbocycles. The molecular weight excluding hydrogens is 246 g/mol. The number of hydrogen-bond acceptors (Lipinski definition) is 2. The van der Waals surface area contributed by atoms with E-state index in [0.717, 1.165) is 31.1 Å². The van der Waals surface area contributed by atoms with E-state index >= 15 is 0 Å². The van der Waals surface area contributed by atoms with Crippen molar-refractivity contribution in [3.63, 3.8) is 0 Å². The Morgan fingerprint density at radius 3 is 2.80 bits per heavy atom. The molecule has 1 N–H and O–H groups in total. The van der Waals surface area contributed by atoms with Gasteiger partial charge < -0.3 is 10.1 Å². The van der Waals surface area contributed by atoms with Crippen molar-refractivity contribution in [3.8, 4) is 5.75 Å². The second-order valence-corrected chi connectivity index (χ2v) is 6.41. The van der Waals surface area contributed by atoms with Crippen LogP contribution in [0.2, 0.25) is 0 Å². The summed E-state index contributed by atoms with van der Waals surface area (Å²) in [5, 5.41) is 3.69. The fourth-order valence-electron chi connectivity index (χ4n) is 3.02. The Balaban J connectivity index is 1.78. The van der Waals surface area contributed by atoms with Crippen LogP contribution >= 0.6 is 0 Å². The van der Waals surface area contributed by atoms with Crippen molar-refractivity contribution in [2.75, 3.05) is 6.54 Å². The molecule has 0 amide bonds. The van der Waals surface area contributed by atoms with E-state index in [-0.39, 0.29) is 0 Å². The third kappa shape index (κ3) is 4.52. The first-order valence-electron chi connectivity index (χ1n) is 8.17. The molecule has 1 heterocycles. The van der Waals surface area contributed by atoms with Crippen LogP contribution in [0.1, 0.15) is 52.0 Å². The summed E-state index contributed by atoms with van der Waals surface area (Å²) < 4.78 is 6.04. The summed E-state index contributed by atoms with van der Waals surface area (Å²) in [5.74, 6) is 1.85. The van der Waals surface area contributed by atoms with Crippen LogP contribution in [0.15, 0.2) is 24.3 Å². The summed E-state index contributed by atoms with van der Waals surface area (Å²) in [7, 11) is 0. The van der Waals surface area contributed by atoms with Crippen molar-refractivity contribution < 1.29 is 4.74 Å². The van der Waals surface area contributed by atoms with Gasteiger partial charge in [0.2, 0.25) is 0 Å². The van der Waals surface area contributed by atoms with Crippen LogP contribution in [0.25, 0.3) is 0 Å². The van der Waals surface area contributed by atoms with E-state index < -0.39 is 0 Å². The zero-order valence-electron chi connectivity index (χ0n) is 13.2. The molecule has 2 unspecified atom stereocenters. The van der Waals surface area contributed by atoms with Gasteiger partial charge in [0, 0.05) is 12.5 Å². The lowest BCUT2D eigenvalue weighted by molar-refractivity contribution is 0.207. The Kier molecular flexibility index (Phi) is 5.90. The standard InChI is InChI=1S/C18H29NO/c1-4-11-19-16(12-14(2)3)9-10-17-13-15-7-5-6-8-18(15)20-17/h5-8,14,16-17,19H,4,9-13H2,1-3H3. The Labute approximate surface area is 123 Å². The van der Waals surface area contributed by atoms with E-state index in [1.165, 1.54) is 24.8 Å². The lowest BCUT2D eigenvalue weighted by Crippen LogP contribution is -2.32. The highest BCUT2D eigenvalue weighted by Crippen LogP contribution is 2.30. The SMILES string of the molecule is CCCNC(CCC1Cc2ccccc2O1)CC(C)C. The van der Waals surface area contributed by atoms with Gasteiger partial charge in [-0.2, -0.15) is 0 Å². The van der Waals surface area contributed by atoms with Gasteiger partial charge in [-0.25, -0.2) is 0 Å². The quantitative estimate of drug-likeness (QED) is 0.768. The number of benzene rings is 1. The number of hydrogen-bond donors (Lipinski definition) is 1. The van der Waals surface area contributed by atoms with E-state index in [1.807, 2.05) is 0 Å². The van der Waals surface area contributed by atoms with Crippen LogP contribution < -0.4 is 10.1 Å². The first-order chi connectivity index (χ1) is 9.69. The molecule has 0 saturated heterocycles. The zero-order valence-corrected chi connectivity index (χ0v) is 13.2. The van der Waals surface area contributed by atoms with Crippen LogP contribution in [-0.2, 0) is 6.42 Å². The van der Waals surface area contributed by atoms with Gasteiger partial charge in [0.05, 0.1) is 0 Å². The van der Waals surface area contributed by atoms with Gasteiger partial charge in [0.15, 0.2) is 0 Å². The first-order valence-corrected chi connectivity index (χ1v) is 8.17. The highest BCUT2D eigenvalue weighted by atomic mass is 16.5. The van der Waals surface area contributed by atoms with E-state index in [2.05, 4.69) is 50.4 Å². The van der Waals surface area contributed by atoms with Gasteiger partial charge in [-0.15, -0.1) is 0 Å². The van der Waals surface area contributed by atoms with Crippen molar-refractivity contribution in [2.45, 2.75) is 65.0 Å². The number of ether oxygens (including phenoxy) is 1. The molecule has 2 heteroatoms. The average Bonchev–Trinajstić information content (AvgIpc) is 2.84. The molecule has 1 aliphatic rings. The normalized spacial score (nSPS) is 18.9. The highest BCUT2D eigenvalue weighted by molar-refractivity contribution is 5.37. The van der Waals surface area contributed by atoms with E-state index in [9.17, 15) is 0 Å². The lowest BCUT2D eigenvalue weighted by atomic mass is 9.97. The number of nitrogens with one attached hydrogen (secondary N) is 1. The average molecular weight is 275 g/mol. The maximum atomic E-state index is 6.04. The molecule has 2 nitrogen and oxygen atoms in total. The monoisotopic (exact) mass is 275 g/mol. The highest BCUT2D eigenvalue weighted by Gasteiger charge is 2.23. The van der Waals surface area contributed by atoms with Gasteiger partial charge >= 0.3 is 0 Å². The molecule has 0 bridgehead atoms. The summed E-state index contributed by atoms with van der Waals surface area (Å²) in [6.45, 7) is 7.98. The van der Waals surface area contributed by atoms with Crippen molar-refractivity contribution >= 4 is 0 Å². The second-order valence-electron chi connectivity index (χ2n) is 6.41. The molecule has 112 valence electrons. The van der Waals surface area contributed by atoms with Gasteiger partial charge in [-0.05, 0) is 49.8 Å². The molecule has 1 aliphatic heterocycles. The fourth-order valence-corrected chi connectivity index (χ4v) is 3.02. The minimum Gasteiger partial charge on any atom is -0.490 e. The molecular formula is C18H29NO. The van der Waals surface area contributed by atoms with E-state index in [1.54, 1.807) is 0 Å². The molecule has 0 aliphatic carbocycles. The van der Waals surface area contributed by atoms with Crippen LogP contribution in [0.4, 0.5) is 0 Å². The summed E-state index contributed by atoms with van der Waals surface area (Å²) in [6.07, 6.45) is 6.31. The van der Waals surface area contributed by atoms with Gasteiger partial charge in [-0.1, -0.05) is 39.0 Å². The minimum absolute atomic E-state index is 0.380. The Morgan fingerprint density at radius 2 is 2.10 bits per heavy atom. The Hall–Kier alpha value is -1.02. The molecule has 0 fully saturated rings. The largest absolute Gasteiger partial charge is 0.490 e. The lowest BCUT2D eigenvalue weighted by Gasteiger charge is -2.22. The Morgan fingerprint density at radius 1 is 1.30 bits per heavy atom. The molecule has 0 radical (unpaired) electrons. The van der Waals surface area contributed by atoms with Crippen molar-refractivity contribution in [2.24, 2.45) is 5.92 Å². The second kappa shape index (κ2) is 7.68. The topological polar surface area (TPSA) is 21.3 Å². The molecule has 0 spiro atoms. The maximum Gasteiger partial charge on any atom is 0.123 e. The van der Waals surface area contributed by atoms with Crippen LogP contribution in [-0.4, -0.2) is 18.7 Å². The van der Waals surface area contributed by atoms with Gasteiger partial charge in [0.25, 0.3) is 0 Å². The molecule has 0 saturated carbocycles.